The van der Waals surface area contributed by atoms with E-state index in [1.54, 1.807) is 11.8 Å². The molecule has 1 saturated heterocycles. The topological polar surface area (TPSA) is 51.3 Å². The van der Waals surface area contributed by atoms with Gasteiger partial charge in [0.25, 0.3) is 0 Å². The van der Waals surface area contributed by atoms with Gasteiger partial charge in [-0.1, -0.05) is 0 Å². The molecule has 3 rings (SSSR count). The van der Waals surface area contributed by atoms with Crippen molar-refractivity contribution in [2.24, 2.45) is 0 Å². The summed E-state index contributed by atoms with van der Waals surface area (Å²) in [5, 5.41) is 0. The molecule has 1 amide bonds. The maximum Gasteiger partial charge on any atom is 0.224 e. The molecule has 0 bridgehead atoms. The maximum atomic E-state index is 11.6. The van der Waals surface area contributed by atoms with Crippen LogP contribution >= 0.6 is 0 Å². The summed E-state index contributed by atoms with van der Waals surface area (Å²) in [4.78, 5) is 13.3. The molecule has 1 unspecified atom stereocenters. The van der Waals surface area contributed by atoms with Crippen molar-refractivity contribution < 1.29 is 19.0 Å². The maximum absolute atomic E-state index is 11.6. The van der Waals surface area contributed by atoms with Crippen LogP contribution in [0, 0.1) is 0 Å². The number of ether oxygens (including phenoxy) is 3. The zero-order valence-electron chi connectivity index (χ0n) is 10.2. The molecule has 0 N–H and O–H groups in total. The van der Waals surface area contributed by atoms with Crippen LogP contribution in [-0.2, 0) is 9.53 Å². The monoisotopic (exact) mass is 249 g/mol. The number of carbonyl (C=O) groups is 1. The highest BCUT2D eigenvalue weighted by Crippen LogP contribution is 2.35. The minimum absolute atomic E-state index is 0.0160. The Bertz CT molecular complexity index is 470. The molecule has 0 spiro atoms. The lowest BCUT2D eigenvalue weighted by atomic mass is 10.2. The smallest absolute Gasteiger partial charge is 0.224 e. The Kier molecular flexibility index (Phi) is 2.83. The van der Waals surface area contributed by atoms with Crippen molar-refractivity contribution in [1.82, 2.24) is 0 Å². The van der Waals surface area contributed by atoms with Crippen LogP contribution in [0.3, 0.4) is 0 Å². The van der Waals surface area contributed by atoms with E-state index in [4.69, 9.17) is 14.2 Å². The van der Waals surface area contributed by atoms with E-state index in [0.717, 1.165) is 23.8 Å². The predicted molar refractivity (Wildman–Crippen MR) is 65.2 cm³/mol. The molecule has 18 heavy (non-hydrogen) atoms. The predicted octanol–water partition coefficient (Wildman–Crippen LogP) is 1.21. The van der Waals surface area contributed by atoms with Gasteiger partial charge in [-0.2, -0.15) is 0 Å². The summed E-state index contributed by atoms with van der Waals surface area (Å²) < 4.78 is 16.2. The molecule has 0 aromatic heterocycles. The van der Waals surface area contributed by atoms with E-state index in [1.807, 2.05) is 18.2 Å². The summed E-state index contributed by atoms with van der Waals surface area (Å²) >= 11 is 0. The van der Waals surface area contributed by atoms with Crippen LogP contribution < -0.4 is 14.4 Å². The number of hydrogen-bond donors (Lipinski definition) is 0. The number of hydrogen-bond acceptors (Lipinski definition) is 4. The van der Waals surface area contributed by atoms with E-state index >= 15 is 0 Å². The van der Waals surface area contributed by atoms with Crippen molar-refractivity contribution in [1.29, 1.82) is 0 Å². The molecule has 1 atom stereocenters. The lowest BCUT2D eigenvalue weighted by molar-refractivity contribution is -0.116. The van der Waals surface area contributed by atoms with Crippen molar-refractivity contribution in [3.05, 3.63) is 18.2 Å². The molecule has 0 radical (unpaired) electrons. The Hall–Kier alpha value is -1.75. The van der Waals surface area contributed by atoms with E-state index in [2.05, 4.69) is 0 Å². The van der Waals surface area contributed by atoms with Gasteiger partial charge >= 0.3 is 0 Å². The number of fused-ring (bicyclic) bond motifs is 1. The zero-order valence-corrected chi connectivity index (χ0v) is 10.2. The van der Waals surface area contributed by atoms with Crippen molar-refractivity contribution in [3.63, 3.8) is 0 Å². The highest BCUT2D eigenvalue weighted by atomic mass is 16.6. The van der Waals surface area contributed by atoms with Crippen molar-refractivity contribution in [2.45, 2.75) is 13.0 Å². The molecule has 2 heterocycles. The summed E-state index contributed by atoms with van der Waals surface area (Å²) in [6, 6.07) is 5.54. The van der Waals surface area contributed by atoms with Crippen molar-refractivity contribution in [2.75, 3.05) is 31.3 Å². The normalized spacial score (nSPS) is 20.9. The standard InChI is InChI=1S/C13H15NO4/c1-9(15)14-4-5-16-13-3-2-10(6-12(13)14)17-7-11-8-18-11/h2-3,6,11H,4-5,7-8H2,1H3. The third kappa shape index (κ3) is 2.26. The van der Waals surface area contributed by atoms with Gasteiger partial charge in [-0.25, -0.2) is 0 Å². The Balaban J connectivity index is 1.81. The molecule has 5 nitrogen and oxygen atoms in total. The average Bonchev–Trinajstić information content (AvgIpc) is 3.19. The molecule has 0 aliphatic carbocycles. The number of amides is 1. The second-order valence-electron chi connectivity index (χ2n) is 4.41. The van der Waals surface area contributed by atoms with Crippen LogP contribution in [0.15, 0.2) is 18.2 Å². The fourth-order valence-electron chi connectivity index (χ4n) is 1.97. The van der Waals surface area contributed by atoms with Gasteiger partial charge < -0.3 is 19.1 Å². The summed E-state index contributed by atoms with van der Waals surface area (Å²) in [6.07, 6.45) is 0.223. The van der Waals surface area contributed by atoms with Crippen molar-refractivity contribution >= 4 is 11.6 Å². The van der Waals surface area contributed by atoms with E-state index in [9.17, 15) is 4.79 Å². The molecule has 2 aliphatic heterocycles. The lowest BCUT2D eigenvalue weighted by Gasteiger charge is -2.28. The molecule has 0 saturated carbocycles. The first-order chi connectivity index (χ1) is 8.74. The first-order valence-corrected chi connectivity index (χ1v) is 6.03. The van der Waals surface area contributed by atoms with Crippen molar-refractivity contribution in [3.8, 4) is 11.5 Å². The fourth-order valence-corrected chi connectivity index (χ4v) is 1.97. The molecule has 1 fully saturated rings. The quantitative estimate of drug-likeness (QED) is 0.755. The van der Waals surface area contributed by atoms with Crippen LogP contribution in [0.4, 0.5) is 5.69 Å². The summed E-state index contributed by atoms with van der Waals surface area (Å²) in [5.41, 5.74) is 0.781. The van der Waals surface area contributed by atoms with E-state index in [0.29, 0.717) is 19.8 Å². The van der Waals surface area contributed by atoms with Crippen LogP contribution in [0.5, 0.6) is 11.5 Å². The third-order valence-electron chi connectivity index (χ3n) is 3.01. The number of benzene rings is 1. The van der Waals surface area contributed by atoms with Crippen LogP contribution in [-0.4, -0.2) is 38.4 Å². The number of epoxide rings is 1. The average molecular weight is 249 g/mol. The minimum Gasteiger partial charge on any atom is -0.491 e. The molecular weight excluding hydrogens is 234 g/mol. The lowest BCUT2D eigenvalue weighted by Crippen LogP contribution is -2.36. The fraction of sp³-hybridized carbons (Fsp3) is 0.462. The molecular formula is C13H15NO4. The van der Waals surface area contributed by atoms with Gasteiger partial charge in [0.05, 0.1) is 18.8 Å². The minimum atomic E-state index is 0.0160. The van der Waals surface area contributed by atoms with E-state index < -0.39 is 0 Å². The van der Waals surface area contributed by atoms with E-state index in [-0.39, 0.29) is 12.0 Å². The Morgan fingerprint density at radius 3 is 3.11 bits per heavy atom. The van der Waals surface area contributed by atoms with Gasteiger partial charge in [0.1, 0.15) is 30.8 Å². The molecule has 1 aromatic carbocycles. The van der Waals surface area contributed by atoms with E-state index in [1.165, 1.54) is 0 Å². The number of carbonyl (C=O) groups excluding carboxylic acids is 1. The zero-order chi connectivity index (χ0) is 12.5. The highest BCUT2D eigenvalue weighted by Gasteiger charge is 2.24. The summed E-state index contributed by atoms with van der Waals surface area (Å²) in [6.45, 7) is 3.99. The van der Waals surface area contributed by atoms with Crippen LogP contribution in [0.2, 0.25) is 0 Å². The third-order valence-corrected chi connectivity index (χ3v) is 3.01. The number of nitrogens with zero attached hydrogens (tertiary/aromatic N) is 1. The Morgan fingerprint density at radius 2 is 2.39 bits per heavy atom. The van der Waals surface area contributed by atoms with Gasteiger partial charge in [-0.15, -0.1) is 0 Å². The first-order valence-electron chi connectivity index (χ1n) is 6.03. The van der Waals surface area contributed by atoms with Gasteiger partial charge in [-0.05, 0) is 12.1 Å². The van der Waals surface area contributed by atoms with Gasteiger partial charge in [0.2, 0.25) is 5.91 Å². The second-order valence-corrected chi connectivity index (χ2v) is 4.41. The number of rotatable bonds is 3. The molecule has 96 valence electrons. The van der Waals surface area contributed by atoms with Gasteiger partial charge in [0.15, 0.2) is 0 Å². The van der Waals surface area contributed by atoms with Gasteiger partial charge in [-0.3, -0.25) is 4.79 Å². The molecule has 2 aliphatic rings. The highest BCUT2D eigenvalue weighted by molar-refractivity contribution is 5.93. The Morgan fingerprint density at radius 1 is 1.56 bits per heavy atom. The Labute approximate surface area is 105 Å². The largest absolute Gasteiger partial charge is 0.491 e. The van der Waals surface area contributed by atoms with Gasteiger partial charge in [0, 0.05) is 13.0 Å². The van der Waals surface area contributed by atoms with Crippen LogP contribution in [0.1, 0.15) is 6.92 Å². The van der Waals surface area contributed by atoms with Crippen LogP contribution in [0.25, 0.3) is 0 Å². The molecule has 1 aromatic rings. The summed E-state index contributed by atoms with van der Waals surface area (Å²) in [7, 11) is 0. The SMILES string of the molecule is CC(=O)N1CCOc2ccc(OCC3CO3)cc21. The molecule has 5 heteroatoms. The first kappa shape index (κ1) is 11.3. The number of anilines is 1. The summed E-state index contributed by atoms with van der Waals surface area (Å²) in [5.74, 6) is 1.48. The second kappa shape index (κ2) is 4.49.